The van der Waals surface area contributed by atoms with Crippen molar-refractivity contribution in [2.24, 2.45) is 11.7 Å². The fourth-order valence-corrected chi connectivity index (χ4v) is 3.36. The van der Waals surface area contributed by atoms with E-state index in [1.807, 2.05) is 15.5 Å². The van der Waals surface area contributed by atoms with E-state index in [2.05, 4.69) is 0 Å². The van der Waals surface area contributed by atoms with E-state index in [0.717, 1.165) is 18.7 Å². The summed E-state index contributed by atoms with van der Waals surface area (Å²) in [6.07, 6.45) is 1.06. The molecule has 3 rings (SSSR count). The molecule has 2 aliphatic heterocycles. The summed E-state index contributed by atoms with van der Waals surface area (Å²) in [5, 5.41) is 0. The van der Waals surface area contributed by atoms with Gasteiger partial charge in [-0.2, -0.15) is 0 Å². The number of carbonyl (C=O) groups is 1. The molecule has 3 heterocycles. The molecule has 1 amide bonds. The van der Waals surface area contributed by atoms with Crippen molar-refractivity contribution >= 4 is 18.3 Å². The topological polar surface area (TPSA) is 68.3 Å². The number of piperidine rings is 1. The zero-order valence-electron chi connectivity index (χ0n) is 11.5. The van der Waals surface area contributed by atoms with Gasteiger partial charge in [-0.3, -0.25) is 9.59 Å². The molecule has 1 aromatic heterocycles. The van der Waals surface area contributed by atoms with E-state index in [1.54, 1.807) is 19.1 Å². The molecule has 1 fully saturated rings. The monoisotopic (exact) mass is 297 g/mol. The predicted molar refractivity (Wildman–Crippen MR) is 79.0 cm³/mol. The Balaban J connectivity index is 0.00000147. The minimum Gasteiger partial charge on any atom is -0.340 e. The molecule has 0 aliphatic carbocycles. The first-order chi connectivity index (χ1) is 9.06. The zero-order chi connectivity index (χ0) is 13.6. The van der Waals surface area contributed by atoms with Gasteiger partial charge < -0.3 is 15.2 Å². The number of halogens is 1. The standard InChI is InChI=1S/C14H19N3O2.ClH/c1-9(15)14(19)16-6-10-5-11(8-16)12-3-2-4-13(18)17(12)7-10;/h2-4,9-11H,5-8,15H2,1H3;1H/t9-,10?,11-;/m0./s1. The normalized spacial score (nSPS) is 25.4. The number of nitrogens with zero attached hydrogens (tertiary/aromatic N) is 2. The Kier molecular flexibility index (Phi) is 4.20. The van der Waals surface area contributed by atoms with Gasteiger partial charge in [0.1, 0.15) is 0 Å². The summed E-state index contributed by atoms with van der Waals surface area (Å²) in [6.45, 7) is 3.84. The number of aromatic nitrogens is 1. The number of nitrogens with two attached hydrogens (primary N) is 1. The van der Waals surface area contributed by atoms with Gasteiger partial charge >= 0.3 is 0 Å². The van der Waals surface area contributed by atoms with Crippen molar-refractivity contribution in [2.45, 2.75) is 31.8 Å². The highest BCUT2D eigenvalue weighted by Gasteiger charge is 2.36. The first-order valence-electron chi connectivity index (χ1n) is 6.80. The second-order valence-electron chi connectivity index (χ2n) is 5.73. The van der Waals surface area contributed by atoms with Gasteiger partial charge in [-0.25, -0.2) is 0 Å². The number of likely N-dealkylation sites (tertiary alicyclic amines) is 1. The van der Waals surface area contributed by atoms with Gasteiger partial charge in [0.15, 0.2) is 0 Å². The number of pyridine rings is 1. The van der Waals surface area contributed by atoms with Crippen molar-refractivity contribution < 1.29 is 4.79 Å². The fourth-order valence-electron chi connectivity index (χ4n) is 3.36. The molecule has 1 aromatic rings. The lowest BCUT2D eigenvalue weighted by atomic mass is 9.83. The highest BCUT2D eigenvalue weighted by molar-refractivity contribution is 5.85. The van der Waals surface area contributed by atoms with E-state index < -0.39 is 6.04 Å². The van der Waals surface area contributed by atoms with Crippen LogP contribution in [0, 0.1) is 5.92 Å². The minimum atomic E-state index is -0.447. The van der Waals surface area contributed by atoms with Gasteiger partial charge in [0.05, 0.1) is 6.04 Å². The Morgan fingerprint density at radius 1 is 1.35 bits per heavy atom. The van der Waals surface area contributed by atoms with Crippen molar-refractivity contribution in [3.05, 3.63) is 34.2 Å². The number of rotatable bonds is 1. The third kappa shape index (κ3) is 2.47. The van der Waals surface area contributed by atoms with E-state index in [9.17, 15) is 9.59 Å². The average Bonchev–Trinajstić information content (AvgIpc) is 2.39. The zero-order valence-corrected chi connectivity index (χ0v) is 12.3. The Labute approximate surface area is 124 Å². The van der Waals surface area contributed by atoms with E-state index >= 15 is 0 Å². The van der Waals surface area contributed by atoms with Gasteiger partial charge in [-0.05, 0) is 25.3 Å². The number of hydrogen-bond acceptors (Lipinski definition) is 3. The first-order valence-corrected chi connectivity index (χ1v) is 6.80. The summed E-state index contributed by atoms with van der Waals surface area (Å²) >= 11 is 0. The summed E-state index contributed by atoms with van der Waals surface area (Å²) < 4.78 is 1.87. The maximum Gasteiger partial charge on any atom is 0.250 e. The SMILES string of the molecule is C[C@H](N)C(=O)N1CC2C[C@@H](C1)c1cccc(=O)n1C2.Cl. The summed E-state index contributed by atoms with van der Waals surface area (Å²) in [5.74, 6) is 0.652. The maximum atomic E-state index is 12.0. The highest BCUT2D eigenvalue weighted by Crippen LogP contribution is 2.34. The Hall–Kier alpha value is -1.33. The second kappa shape index (κ2) is 5.58. The number of carbonyl (C=O) groups excluding carboxylic acids is 1. The van der Waals surface area contributed by atoms with Crippen LogP contribution in [0.15, 0.2) is 23.0 Å². The van der Waals surface area contributed by atoms with Crippen LogP contribution in [-0.4, -0.2) is 34.5 Å². The van der Waals surface area contributed by atoms with Crippen molar-refractivity contribution in [3.8, 4) is 0 Å². The van der Waals surface area contributed by atoms with Crippen LogP contribution in [0.3, 0.4) is 0 Å². The van der Waals surface area contributed by atoms with Crippen LogP contribution in [0.25, 0.3) is 0 Å². The largest absolute Gasteiger partial charge is 0.340 e. The molecule has 20 heavy (non-hydrogen) atoms. The Bertz CT molecular complexity index is 570. The van der Waals surface area contributed by atoms with E-state index in [1.165, 1.54) is 0 Å². The molecule has 3 atom stereocenters. The van der Waals surface area contributed by atoms with Crippen molar-refractivity contribution in [1.82, 2.24) is 9.47 Å². The van der Waals surface area contributed by atoms with Gasteiger partial charge in [-0.1, -0.05) is 6.07 Å². The van der Waals surface area contributed by atoms with Crippen LogP contribution >= 0.6 is 12.4 Å². The maximum absolute atomic E-state index is 12.0. The number of fused-ring (bicyclic) bond motifs is 4. The molecule has 0 saturated carbocycles. The number of amides is 1. The molecule has 5 nitrogen and oxygen atoms in total. The van der Waals surface area contributed by atoms with Crippen molar-refractivity contribution in [3.63, 3.8) is 0 Å². The van der Waals surface area contributed by atoms with Gasteiger partial charge in [0.2, 0.25) is 5.91 Å². The van der Waals surface area contributed by atoms with Crippen LogP contribution in [0.4, 0.5) is 0 Å². The van der Waals surface area contributed by atoms with Crippen LogP contribution in [-0.2, 0) is 11.3 Å². The summed E-state index contributed by atoms with van der Waals surface area (Å²) in [6, 6.07) is 4.97. The van der Waals surface area contributed by atoms with Gasteiger partial charge in [0, 0.05) is 37.3 Å². The highest BCUT2D eigenvalue weighted by atomic mass is 35.5. The molecule has 1 unspecified atom stereocenters. The molecular weight excluding hydrogens is 278 g/mol. The van der Waals surface area contributed by atoms with E-state index in [4.69, 9.17) is 5.73 Å². The average molecular weight is 298 g/mol. The molecule has 2 aliphatic rings. The summed E-state index contributed by atoms with van der Waals surface area (Å²) in [4.78, 5) is 25.8. The van der Waals surface area contributed by atoms with Crippen LogP contribution in [0.1, 0.15) is 25.0 Å². The third-order valence-corrected chi connectivity index (χ3v) is 4.18. The van der Waals surface area contributed by atoms with Gasteiger partial charge in [-0.15, -0.1) is 12.4 Å². The van der Waals surface area contributed by atoms with Crippen LogP contribution in [0.2, 0.25) is 0 Å². The Morgan fingerprint density at radius 2 is 2.10 bits per heavy atom. The van der Waals surface area contributed by atoms with Crippen LogP contribution < -0.4 is 11.3 Å². The molecule has 110 valence electrons. The van der Waals surface area contributed by atoms with Crippen molar-refractivity contribution in [2.75, 3.05) is 13.1 Å². The molecule has 2 N–H and O–H groups in total. The third-order valence-electron chi connectivity index (χ3n) is 4.18. The lowest BCUT2D eigenvalue weighted by molar-refractivity contribution is -0.134. The molecular formula is C14H20ClN3O2. The quantitative estimate of drug-likeness (QED) is 0.824. The molecule has 0 spiro atoms. The molecule has 2 bridgehead atoms. The molecule has 0 radical (unpaired) electrons. The fraction of sp³-hybridized carbons (Fsp3) is 0.571. The summed E-state index contributed by atoms with van der Waals surface area (Å²) in [7, 11) is 0. The summed E-state index contributed by atoms with van der Waals surface area (Å²) in [5.41, 5.74) is 6.82. The van der Waals surface area contributed by atoms with Crippen LogP contribution in [0.5, 0.6) is 0 Å². The molecule has 0 aromatic carbocycles. The molecule has 1 saturated heterocycles. The van der Waals surface area contributed by atoms with E-state index in [0.29, 0.717) is 19.0 Å². The van der Waals surface area contributed by atoms with E-state index in [-0.39, 0.29) is 29.8 Å². The lowest BCUT2D eigenvalue weighted by Crippen LogP contribution is -2.52. The second-order valence-corrected chi connectivity index (χ2v) is 5.73. The lowest BCUT2D eigenvalue weighted by Gasteiger charge is -2.43. The van der Waals surface area contributed by atoms with Crippen molar-refractivity contribution in [1.29, 1.82) is 0 Å². The van der Waals surface area contributed by atoms with Gasteiger partial charge in [0.25, 0.3) is 5.56 Å². The first kappa shape index (κ1) is 15.1. The predicted octanol–water partition coefficient (Wildman–Crippen LogP) is 0.563. The minimum absolute atomic E-state index is 0. The number of hydrogen-bond donors (Lipinski definition) is 1. The molecule has 6 heteroatoms. The Morgan fingerprint density at radius 3 is 2.80 bits per heavy atom. The smallest absolute Gasteiger partial charge is 0.250 e.